The average Bonchev–Trinajstić information content (AvgIpc) is 2.32. The van der Waals surface area contributed by atoms with E-state index < -0.39 is 0 Å². The van der Waals surface area contributed by atoms with Crippen LogP contribution in [0.2, 0.25) is 0 Å². The van der Waals surface area contributed by atoms with E-state index in [0.29, 0.717) is 12.0 Å². The summed E-state index contributed by atoms with van der Waals surface area (Å²) in [5, 5.41) is 3.30. The first-order chi connectivity index (χ1) is 8.17. The molecule has 0 spiro atoms. The summed E-state index contributed by atoms with van der Waals surface area (Å²) in [7, 11) is 2.00. The van der Waals surface area contributed by atoms with Gasteiger partial charge in [-0.1, -0.05) is 32.9 Å². The Morgan fingerprint density at radius 2 is 1.82 bits per heavy atom. The molecule has 0 aliphatic rings. The molecule has 17 heavy (non-hydrogen) atoms. The Hall–Kier alpha value is -1.02. The summed E-state index contributed by atoms with van der Waals surface area (Å²) >= 11 is 0. The molecular weight excluding hydrogens is 210 g/mol. The van der Waals surface area contributed by atoms with Crippen molar-refractivity contribution in [3.8, 4) is 5.75 Å². The molecule has 0 bridgehead atoms. The molecule has 0 radical (unpaired) electrons. The Morgan fingerprint density at radius 1 is 1.18 bits per heavy atom. The molecule has 1 N–H and O–H groups in total. The third-order valence-corrected chi connectivity index (χ3v) is 3.00. The largest absolute Gasteiger partial charge is 0.494 e. The van der Waals surface area contributed by atoms with Crippen LogP contribution in [0.1, 0.15) is 45.2 Å². The minimum absolute atomic E-state index is 0.444. The van der Waals surface area contributed by atoms with Crippen LogP contribution in [0.25, 0.3) is 0 Å². The summed E-state index contributed by atoms with van der Waals surface area (Å²) in [4.78, 5) is 0. The van der Waals surface area contributed by atoms with Gasteiger partial charge in [0.25, 0.3) is 0 Å². The molecule has 0 aliphatic heterocycles. The lowest BCUT2D eigenvalue weighted by Crippen LogP contribution is -2.14. The zero-order valence-corrected chi connectivity index (χ0v) is 11.5. The number of benzene rings is 1. The summed E-state index contributed by atoms with van der Waals surface area (Å²) in [6.07, 6.45) is 2.21. The zero-order valence-electron chi connectivity index (χ0n) is 11.5. The highest BCUT2D eigenvalue weighted by Crippen LogP contribution is 2.20. The smallest absolute Gasteiger partial charge is 0.119 e. The van der Waals surface area contributed by atoms with Gasteiger partial charge in [-0.05, 0) is 43.5 Å². The fraction of sp³-hybridized carbons (Fsp3) is 0.600. The molecule has 0 saturated heterocycles. The fourth-order valence-electron chi connectivity index (χ4n) is 1.82. The van der Waals surface area contributed by atoms with Gasteiger partial charge in [0.2, 0.25) is 0 Å². The molecule has 0 fully saturated rings. The predicted octanol–water partition coefficient (Wildman–Crippen LogP) is 3.78. The second-order valence-electron chi connectivity index (χ2n) is 4.85. The molecule has 2 nitrogen and oxygen atoms in total. The molecule has 0 saturated carbocycles. The lowest BCUT2D eigenvalue weighted by atomic mass is 10.0. The summed E-state index contributed by atoms with van der Waals surface area (Å²) in [6, 6.07) is 8.87. The van der Waals surface area contributed by atoms with Crippen LogP contribution in [0.5, 0.6) is 5.75 Å². The first kappa shape index (κ1) is 14.0. The quantitative estimate of drug-likeness (QED) is 0.776. The molecule has 0 amide bonds. The SMILES string of the molecule is CCC(NC)c1ccc(OCCC(C)C)cc1. The Bertz CT molecular complexity index is 301. The van der Waals surface area contributed by atoms with Crippen molar-refractivity contribution in [2.75, 3.05) is 13.7 Å². The highest BCUT2D eigenvalue weighted by Gasteiger charge is 2.05. The summed E-state index contributed by atoms with van der Waals surface area (Å²) in [6.45, 7) is 7.42. The molecule has 2 heteroatoms. The molecule has 1 aromatic rings. The van der Waals surface area contributed by atoms with Gasteiger partial charge in [-0.2, -0.15) is 0 Å². The second-order valence-corrected chi connectivity index (χ2v) is 4.85. The summed E-state index contributed by atoms with van der Waals surface area (Å²) < 4.78 is 5.70. The normalized spacial score (nSPS) is 12.8. The average molecular weight is 235 g/mol. The topological polar surface area (TPSA) is 21.3 Å². The van der Waals surface area contributed by atoms with Gasteiger partial charge in [-0.15, -0.1) is 0 Å². The molecular formula is C15H25NO. The van der Waals surface area contributed by atoms with E-state index in [9.17, 15) is 0 Å². The van der Waals surface area contributed by atoms with Crippen molar-refractivity contribution < 1.29 is 4.74 Å². The number of ether oxygens (including phenoxy) is 1. The maximum absolute atomic E-state index is 5.70. The van der Waals surface area contributed by atoms with E-state index in [-0.39, 0.29) is 0 Å². The van der Waals surface area contributed by atoms with Crippen LogP contribution in [0.15, 0.2) is 24.3 Å². The van der Waals surface area contributed by atoms with Gasteiger partial charge in [0.05, 0.1) is 6.61 Å². The molecule has 0 aromatic heterocycles. The van der Waals surface area contributed by atoms with Gasteiger partial charge in [0.1, 0.15) is 5.75 Å². The van der Waals surface area contributed by atoms with Gasteiger partial charge in [0.15, 0.2) is 0 Å². The Balaban J connectivity index is 2.49. The van der Waals surface area contributed by atoms with E-state index >= 15 is 0 Å². The van der Waals surface area contributed by atoms with Crippen molar-refractivity contribution in [1.82, 2.24) is 5.32 Å². The van der Waals surface area contributed by atoms with Crippen molar-refractivity contribution >= 4 is 0 Å². The molecule has 1 aromatic carbocycles. The van der Waals surface area contributed by atoms with E-state index in [2.05, 4.69) is 50.4 Å². The fourth-order valence-corrected chi connectivity index (χ4v) is 1.82. The maximum Gasteiger partial charge on any atom is 0.119 e. The Kier molecular flexibility index (Phi) is 6.06. The van der Waals surface area contributed by atoms with Gasteiger partial charge in [-0.25, -0.2) is 0 Å². The number of hydrogen-bond donors (Lipinski definition) is 1. The highest BCUT2D eigenvalue weighted by atomic mass is 16.5. The molecule has 1 rings (SSSR count). The lowest BCUT2D eigenvalue weighted by molar-refractivity contribution is 0.289. The van der Waals surface area contributed by atoms with Crippen LogP contribution in [-0.2, 0) is 0 Å². The third-order valence-electron chi connectivity index (χ3n) is 3.00. The van der Waals surface area contributed by atoms with Gasteiger partial charge >= 0.3 is 0 Å². The van der Waals surface area contributed by atoms with Crippen molar-refractivity contribution in [2.24, 2.45) is 5.92 Å². The number of hydrogen-bond acceptors (Lipinski definition) is 2. The standard InChI is InChI=1S/C15H25NO/c1-5-15(16-4)13-6-8-14(9-7-13)17-11-10-12(2)3/h6-9,12,15-16H,5,10-11H2,1-4H3. The molecule has 1 unspecified atom stereocenters. The lowest BCUT2D eigenvalue weighted by Gasteiger charge is -2.15. The van der Waals surface area contributed by atoms with Gasteiger partial charge in [-0.3, -0.25) is 0 Å². The van der Waals surface area contributed by atoms with E-state index in [4.69, 9.17) is 4.74 Å². The van der Waals surface area contributed by atoms with E-state index in [1.54, 1.807) is 0 Å². The van der Waals surface area contributed by atoms with Crippen LogP contribution < -0.4 is 10.1 Å². The zero-order chi connectivity index (χ0) is 12.7. The maximum atomic E-state index is 5.70. The first-order valence-corrected chi connectivity index (χ1v) is 6.57. The van der Waals surface area contributed by atoms with Crippen molar-refractivity contribution in [3.63, 3.8) is 0 Å². The molecule has 0 aliphatic carbocycles. The minimum Gasteiger partial charge on any atom is -0.494 e. The predicted molar refractivity (Wildman–Crippen MR) is 73.5 cm³/mol. The van der Waals surface area contributed by atoms with Crippen LogP contribution >= 0.6 is 0 Å². The van der Waals surface area contributed by atoms with Crippen molar-refractivity contribution in [3.05, 3.63) is 29.8 Å². The minimum atomic E-state index is 0.444. The third kappa shape index (κ3) is 4.78. The van der Waals surface area contributed by atoms with Crippen LogP contribution in [0.4, 0.5) is 0 Å². The van der Waals surface area contributed by atoms with Crippen LogP contribution in [0.3, 0.4) is 0 Å². The number of nitrogens with one attached hydrogen (secondary N) is 1. The Labute approximate surface area is 105 Å². The summed E-state index contributed by atoms with van der Waals surface area (Å²) in [5.74, 6) is 1.67. The first-order valence-electron chi connectivity index (χ1n) is 6.57. The van der Waals surface area contributed by atoms with E-state index in [0.717, 1.165) is 25.2 Å². The van der Waals surface area contributed by atoms with E-state index in [1.807, 2.05) is 7.05 Å². The molecule has 96 valence electrons. The van der Waals surface area contributed by atoms with Crippen molar-refractivity contribution in [1.29, 1.82) is 0 Å². The van der Waals surface area contributed by atoms with Crippen molar-refractivity contribution in [2.45, 2.75) is 39.7 Å². The second kappa shape index (κ2) is 7.33. The molecule has 0 heterocycles. The monoisotopic (exact) mass is 235 g/mol. The van der Waals surface area contributed by atoms with Crippen LogP contribution in [-0.4, -0.2) is 13.7 Å². The van der Waals surface area contributed by atoms with Gasteiger partial charge < -0.3 is 10.1 Å². The van der Waals surface area contributed by atoms with Crippen LogP contribution in [0, 0.1) is 5.92 Å². The number of rotatable bonds is 7. The molecule has 1 atom stereocenters. The summed E-state index contributed by atoms with van der Waals surface area (Å²) in [5.41, 5.74) is 1.33. The van der Waals surface area contributed by atoms with Gasteiger partial charge in [0, 0.05) is 6.04 Å². The Morgan fingerprint density at radius 3 is 2.29 bits per heavy atom. The highest BCUT2D eigenvalue weighted by molar-refractivity contribution is 5.29. The van der Waals surface area contributed by atoms with E-state index in [1.165, 1.54) is 5.56 Å².